The van der Waals surface area contributed by atoms with E-state index in [1.807, 2.05) is 291 Å². The molecule has 135 heavy (non-hydrogen) atoms. The predicted molar refractivity (Wildman–Crippen MR) is 526 cm³/mol. The third-order valence-corrected chi connectivity index (χ3v) is 21.0. The van der Waals surface area contributed by atoms with Crippen molar-refractivity contribution in [2.45, 2.75) is 20.8 Å². The SMILES string of the molecule is Cc1cc(-c2[c-]cccc2)ncc1-c1ccccc1.Cc1cc(-c2ccccn2)[c-]cc1-c1ccccc1.Cc1ccccc1-c1ccnc(-c2[c-]cccc2)c1.Cn1ccnc1-c1[c-]c(Oc2[c-]c(-n3cccn3)ccc2)ccc1.[Ir].[Ir].[Ir].[Ir].[Pt+2].[c-]1ccc(-n2c3ccccc3c3ccccc32)cc1-c1ccccn1.[c-]1ccccc1-c1ccccn1.[c-]1ccccc1-c1ccccn1. The number of ether oxygens (including phenoxy) is 1. The topological polar surface area (TPSA) is 127 Å². The van der Waals surface area contributed by atoms with Gasteiger partial charge in [-0.25, -0.2) is 0 Å². The fraction of sp³-hybridized carbons (Fsp3) is 0.0339. The van der Waals surface area contributed by atoms with Crippen molar-refractivity contribution in [3.8, 4) is 135 Å². The van der Waals surface area contributed by atoms with E-state index >= 15 is 0 Å². The first-order valence-electron chi connectivity index (χ1n) is 42.5. The summed E-state index contributed by atoms with van der Waals surface area (Å²) in [5, 5.41) is 6.74. The molecule has 22 aromatic rings. The summed E-state index contributed by atoms with van der Waals surface area (Å²) < 4.78 is 11.9. The van der Waals surface area contributed by atoms with Gasteiger partial charge in [-0.2, -0.15) is 11.2 Å². The Morgan fingerprint density at radius 1 is 0.281 bits per heavy atom. The summed E-state index contributed by atoms with van der Waals surface area (Å²) in [4.78, 5) is 30.6. The van der Waals surface area contributed by atoms with E-state index in [1.165, 1.54) is 71.9 Å². The van der Waals surface area contributed by atoms with Crippen molar-refractivity contribution < 1.29 is 106 Å². The minimum Gasteiger partial charge on any atom is -0.503 e. The van der Waals surface area contributed by atoms with Crippen LogP contribution in [-0.4, -0.2) is 53.8 Å². The number of hydrogen-bond acceptors (Lipinski definition) is 9. The summed E-state index contributed by atoms with van der Waals surface area (Å²) in [6.07, 6.45) is 18.3. The fourth-order valence-electron chi connectivity index (χ4n) is 14.6. The molecule has 0 aliphatic heterocycles. The molecule has 12 nitrogen and oxygen atoms in total. The predicted octanol–water partition coefficient (Wildman–Crippen LogP) is 28.0. The number of benzene rings is 13. The molecule has 9 aromatic heterocycles. The van der Waals surface area contributed by atoms with Crippen molar-refractivity contribution in [2.24, 2.45) is 7.05 Å². The largest absolute Gasteiger partial charge is 2.00 e. The third-order valence-electron chi connectivity index (χ3n) is 21.0. The van der Waals surface area contributed by atoms with Crippen LogP contribution in [0, 0.1) is 69.3 Å². The van der Waals surface area contributed by atoms with E-state index in [2.05, 4.69) is 266 Å². The summed E-state index contributed by atoms with van der Waals surface area (Å²) in [5.74, 6) is 2.07. The molecule has 0 atom stereocenters. The number of nitrogens with zero attached hydrogens (tertiary/aromatic N) is 11. The van der Waals surface area contributed by atoms with Gasteiger partial charge >= 0.3 is 21.1 Å². The van der Waals surface area contributed by atoms with Gasteiger partial charge in [0.15, 0.2) is 0 Å². The first-order valence-corrected chi connectivity index (χ1v) is 42.5. The van der Waals surface area contributed by atoms with Crippen molar-refractivity contribution in [2.75, 3.05) is 0 Å². The number of aryl methyl sites for hydroxylation is 4. The zero-order valence-corrected chi connectivity index (χ0v) is 85.6. The van der Waals surface area contributed by atoms with Gasteiger partial charge in [0, 0.05) is 177 Å². The number of hydrogen-bond donors (Lipinski definition) is 0. The monoisotopic (exact) mass is 2640 g/mol. The van der Waals surface area contributed by atoms with E-state index in [-0.39, 0.29) is 101 Å². The van der Waals surface area contributed by atoms with Crippen LogP contribution in [0.1, 0.15) is 16.7 Å². The first-order chi connectivity index (χ1) is 64.2. The zero-order chi connectivity index (χ0) is 88.7. The third kappa shape index (κ3) is 27.6. The Balaban J connectivity index is 0.000000152. The first kappa shape index (κ1) is 102. The Kier molecular flexibility index (Phi) is 39.5. The summed E-state index contributed by atoms with van der Waals surface area (Å²) in [5.41, 5.74) is 28.2. The quantitative estimate of drug-likeness (QED) is 0.0978. The molecule has 0 spiro atoms. The zero-order valence-electron chi connectivity index (χ0n) is 73.8. The van der Waals surface area contributed by atoms with Gasteiger partial charge in [-0.3, -0.25) is 9.67 Å². The van der Waals surface area contributed by atoms with Crippen molar-refractivity contribution >= 4 is 21.8 Å². The fourth-order valence-corrected chi connectivity index (χ4v) is 14.6. The van der Waals surface area contributed by atoms with Crippen LogP contribution >= 0.6 is 0 Å². The maximum atomic E-state index is 5.91. The second-order valence-corrected chi connectivity index (χ2v) is 29.8. The molecule has 17 heteroatoms. The molecule has 0 bridgehead atoms. The summed E-state index contributed by atoms with van der Waals surface area (Å²) >= 11 is 0. The van der Waals surface area contributed by atoms with Gasteiger partial charge in [0.1, 0.15) is 0 Å². The van der Waals surface area contributed by atoms with Crippen LogP contribution in [0.2, 0.25) is 0 Å². The number of fused-ring (bicyclic) bond motifs is 3. The molecule has 0 N–H and O–H groups in total. The van der Waals surface area contributed by atoms with Crippen molar-refractivity contribution in [3.63, 3.8) is 0 Å². The molecule has 0 aliphatic rings. The molecular formula is C118H87Ir4N11OPt-6. The number of para-hydroxylation sites is 2. The van der Waals surface area contributed by atoms with Crippen molar-refractivity contribution in [1.82, 2.24) is 53.8 Å². The Labute approximate surface area is 858 Å². The van der Waals surface area contributed by atoms with Gasteiger partial charge in [-0.1, -0.05) is 206 Å². The molecule has 13 aromatic carbocycles. The summed E-state index contributed by atoms with van der Waals surface area (Å²) in [6, 6.07) is 157. The average molecular weight is 2640 g/mol. The van der Waals surface area contributed by atoms with Crippen molar-refractivity contribution in [3.05, 3.63) is 522 Å². The Morgan fingerprint density at radius 2 is 0.733 bits per heavy atom. The molecule has 0 fully saturated rings. The van der Waals surface area contributed by atoms with Gasteiger partial charge in [-0.15, -0.1) is 245 Å². The van der Waals surface area contributed by atoms with Gasteiger partial charge in [0.05, 0.1) is 16.9 Å². The number of imidazole rings is 1. The summed E-state index contributed by atoms with van der Waals surface area (Å²) in [6.45, 7) is 6.38. The van der Waals surface area contributed by atoms with Crippen LogP contribution in [0.25, 0.3) is 145 Å². The number of pyridine rings is 6. The summed E-state index contributed by atoms with van der Waals surface area (Å²) in [7, 11) is 1.95. The molecule has 22 rings (SSSR count). The van der Waals surface area contributed by atoms with Crippen LogP contribution in [0.5, 0.6) is 11.5 Å². The molecule has 0 saturated heterocycles. The van der Waals surface area contributed by atoms with Crippen LogP contribution in [0.4, 0.5) is 0 Å². The Hall–Kier alpha value is -13.9. The molecule has 0 saturated carbocycles. The second kappa shape index (κ2) is 52.5. The van der Waals surface area contributed by atoms with E-state index < -0.39 is 0 Å². The van der Waals surface area contributed by atoms with E-state index in [4.69, 9.17) is 4.74 Å². The van der Waals surface area contributed by atoms with Crippen LogP contribution < -0.4 is 4.74 Å². The molecule has 672 valence electrons. The average Bonchev–Trinajstić information content (AvgIpc) is 1.60. The number of rotatable bonds is 14. The Morgan fingerprint density at radius 3 is 1.23 bits per heavy atom. The molecule has 0 amide bonds. The standard InChI is InChI=1S/C23H15N2.C19H14N4O.3C18H14N.2C11H8N.4Ir.Pt/c1-3-13-22-19(10-1)20-11-2-4-14-23(20)25(22)18-9-7-8-17(16-18)21-12-5-6-15-24-21;1-22-12-10-20-19(22)15-5-2-7-17(13-15)24-18-8-3-6-16(14-18)23-11-4-9-21-23;1-14-12-18(16-10-6-3-7-11-16)19-13-17(14)15-8-4-2-5-9-15;1-14-7-5-6-10-17(14)16-11-12-19-18(13-16)15-8-3-2-4-9-15;1-14-13-16(18-9-5-6-12-19-18)10-11-17(14)15-7-3-2-4-8-15;2*1-2-6-10(7-3-1)11-8-4-5-9-12-11;;;;;/h1-7,9-16H;2-12H,1H3;2-10,12-13H,1H3;2-8,10-13H,1H3;2-9,11-13H,1H3;2*1-6,8-9H;;;;;/q-1;-2;5*-1;;;;;+2. The maximum absolute atomic E-state index is 5.91. The smallest absolute Gasteiger partial charge is 0.503 e. The van der Waals surface area contributed by atoms with E-state index in [1.54, 1.807) is 29.5 Å². The van der Waals surface area contributed by atoms with Gasteiger partial charge < -0.3 is 43.8 Å². The number of aromatic nitrogens is 11. The molecule has 9 heterocycles. The van der Waals surface area contributed by atoms with E-state index in [9.17, 15) is 0 Å². The van der Waals surface area contributed by atoms with Crippen LogP contribution in [0.15, 0.2) is 456 Å². The maximum Gasteiger partial charge on any atom is 2.00 e. The van der Waals surface area contributed by atoms with E-state index in [0.717, 1.165) is 90.3 Å². The molecule has 0 aliphatic carbocycles. The Bertz CT molecular complexity index is 6960. The molecular weight excluding hydrogens is 2550 g/mol. The minimum absolute atomic E-state index is 0. The molecule has 4 radical (unpaired) electrons. The van der Waals surface area contributed by atoms with Gasteiger partial charge in [0.25, 0.3) is 0 Å². The van der Waals surface area contributed by atoms with Crippen LogP contribution in [-0.2, 0) is 109 Å². The second-order valence-electron chi connectivity index (χ2n) is 29.8. The normalized spacial score (nSPS) is 10.1. The minimum atomic E-state index is 0. The van der Waals surface area contributed by atoms with E-state index in [0.29, 0.717) is 11.5 Å². The van der Waals surface area contributed by atoms with Crippen LogP contribution in [0.3, 0.4) is 0 Å². The van der Waals surface area contributed by atoms with Crippen molar-refractivity contribution in [1.29, 1.82) is 0 Å². The van der Waals surface area contributed by atoms with Gasteiger partial charge in [0.2, 0.25) is 0 Å². The molecule has 0 unspecified atom stereocenters. The van der Waals surface area contributed by atoms with Gasteiger partial charge in [-0.05, 0) is 136 Å².